The Balaban J connectivity index is 1.57. The first-order valence-corrected chi connectivity index (χ1v) is 8.30. The van der Waals surface area contributed by atoms with Gasteiger partial charge in [-0.3, -0.25) is 0 Å². The summed E-state index contributed by atoms with van der Waals surface area (Å²) in [5, 5.41) is 13.6. The lowest BCUT2D eigenvalue weighted by atomic mass is 10.1. The number of fused-ring (bicyclic) bond motifs is 1. The van der Waals surface area contributed by atoms with Crippen LogP contribution in [0.1, 0.15) is 5.82 Å². The number of benzene rings is 1. The number of hydrogen-bond donors (Lipinski definition) is 1. The fraction of sp³-hybridized carbons (Fsp3) is 0.111. The molecule has 0 spiro atoms. The number of pyridine rings is 2. The minimum absolute atomic E-state index is 0.356. The molecule has 7 nitrogen and oxygen atoms in total. The number of aryl methyl sites for hydroxylation is 1. The van der Waals surface area contributed by atoms with Gasteiger partial charge in [-0.15, -0.1) is 10.2 Å². The summed E-state index contributed by atoms with van der Waals surface area (Å²) >= 11 is 5.83. The smallest absolute Gasteiger partial charge is 0.170 e. The molecule has 0 bridgehead atoms. The quantitative estimate of drug-likeness (QED) is 0.542. The van der Waals surface area contributed by atoms with E-state index in [2.05, 4.69) is 25.5 Å². The van der Waals surface area contributed by atoms with Gasteiger partial charge in [-0.25, -0.2) is 9.97 Å². The summed E-state index contributed by atoms with van der Waals surface area (Å²) in [6.45, 7) is 0.356. The lowest BCUT2D eigenvalue weighted by Gasteiger charge is -2.10. The number of anilines is 2. The zero-order valence-electron chi connectivity index (χ0n) is 13.9. The van der Waals surface area contributed by atoms with E-state index in [1.165, 1.54) is 0 Å². The minimum atomic E-state index is 0.356. The largest absolute Gasteiger partial charge is 0.486 e. The monoisotopic (exact) mass is 366 g/mol. The van der Waals surface area contributed by atoms with Crippen LogP contribution in [-0.4, -0.2) is 24.7 Å². The molecule has 0 saturated heterocycles. The normalized spacial score (nSPS) is 10.8. The topological polar surface area (TPSA) is 77.8 Å². The van der Waals surface area contributed by atoms with E-state index in [0.29, 0.717) is 11.8 Å². The van der Waals surface area contributed by atoms with Crippen molar-refractivity contribution in [2.24, 2.45) is 7.05 Å². The molecule has 0 atom stereocenters. The van der Waals surface area contributed by atoms with Crippen molar-refractivity contribution in [2.75, 3.05) is 5.32 Å². The summed E-state index contributed by atoms with van der Waals surface area (Å²) in [6.07, 6.45) is 5.07. The number of ether oxygens (including phenoxy) is 1. The maximum Gasteiger partial charge on any atom is 0.170 e. The molecule has 0 radical (unpaired) electrons. The molecule has 130 valence electrons. The standard InChI is InChI=1S/C18H15ClN6O/c1-25-11-22-24-17(25)10-26-14-3-4-15-12(8-14)6-7-20-18(15)23-13-2-5-16(19)21-9-13/h2-9,11H,10H2,1H3,(H,20,23). The molecule has 4 rings (SSSR count). The average molecular weight is 367 g/mol. The molecule has 0 amide bonds. The van der Waals surface area contributed by atoms with Crippen molar-refractivity contribution in [1.29, 1.82) is 0 Å². The van der Waals surface area contributed by atoms with E-state index in [1.807, 2.05) is 41.9 Å². The molecule has 0 saturated carbocycles. The first-order chi connectivity index (χ1) is 12.7. The fourth-order valence-electron chi connectivity index (χ4n) is 2.52. The second-order valence-corrected chi connectivity index (χ2v) is 6.07. The first-order valence-electron chi connectivity index (χ1n) is 7.92. The van der Waals surface area contributed by atoms with Crippen LogP contribution in [0.4, 0.5) is 11.5 Å². The molecular weight excluding hydrogens is 352 g/mol. The zero-order valence-corrected chi connectivity index (χ0v) is 14.7. The summed E-state index contributed by atoms with van der Waals surface area (Å²) in [5.41, 5.74) is 0.817. The highest BCUT2D eigenvalue weighted by Crippen LogP contribution is 2.27. The summed E-state index contributed by atoms with van der Waals surface area (Å²) < 4.78 is 7.65. The number of halogens is 1. The summed E-state index contributed by atoms with van der Waals surface area (Å²) in [4.78, 5) is 8.49. The third kappa shape index (κ3) is 3.43. The van der Waals surface area contributed by atoms with E-state index < -0.39 is 0 Å². The van der Waals surface area contributed by atoms with Gasteiger partial charge in [0, 0.05) is 18.6 Å². The van der Waals surface area contributed by atoms with Gasteiger partial charge in [0.15, 0.2) is 5.82 Å². The molecule has 8 heteroatoms. The van der Waals surface area contributed by atoms with Crippen LogP contribution in [0.15, 0.2) is 55.1 Å². The number of hydrogen-bond acceptors (Lipinski definition) is 6. The van der Waals surface area contributed by atoms with E-state index in [-0.39, 0.29) is 0 Å². The van der Waals surface area contributed by atoms with Crippen molar-refractivity contribution in [3.63, 3.8) is 0 Å². The van der Waals surface area contributed by atoms with E-state index in [4.69, 9.17) is 16.3 Å². The number of nitrogens with one attached hydrogen (secondary N) is 1. The number of nitrogens with zero attached hydrogens (tertiary/aromatic N) is 5. The van der Waals surface area contributed by atoms with Crippen LogP contribution in [0.3, 0.4) is 0 Å². The Labute approximate surface area is 154 Å². The van der Waals surface area contributed by atoms with Crippen LogP contribution in [0.25, 0.3) is 10.8 Å². The molecule has 3 heterocycles. The lowest BCUT2D eigenvalue weighted by Crippen LogP contribution is -2.03. The van der Waals surface area contributed by atoms with Crippen molar-refractivity contribution in [3.05, 3.63) is 66.1 Å². The van der Waals surface area contributed by atoms with Gasteiger partial charge in [0.05, 0.1) is 11.9 Å². The van der Waals surface area contributed by atoms with Gasteiger partial charge in [-0.1, -0.05) is 11.6 Å². The molecular formula is C18H15ClN6O. The third-order valence-corrected chi connectivity index (χ3v) is 4.12. The predicted octanol–water partition coefficient (Wildman–Crippen LogP) is 3.73. The molecule has 0 aliphatic carbocycles. The fourth-order valence-corrected chi connectivity index (χ4v) is 2.63. The highest BCUT2D eigenvalue weighted by Gasteiger charge is 2.07. The Kier molecular flexibility index (Phi) is 4.37. The van der Waals surface area contributed by atoms with Crippen LogP contribution in [-0.2, 0) is 13.7 Å². The van der Waals surface area contributed by atoms with E-state index in [0.717, 1.165) is 33.9 Å². The SMILES string of the molecule is Cn1cnnc1COc1ccc2c(Nc3ccc(Cl)nc3)nccc2c1. The predicted molar refractivity (Wildman–Crippen MR) is 99.6 cm³/mol. The van der Waals surface area contributed by atoms with Gasteiger partial charge in [0.1, 0.15) is 29.7 Å². The minimum Gasteiger partial charge on any atom is -0.486 e. The van der Waals surface area contributed by atoms with Crippen molar-refractivity contribution >= 4 is 33.9 Å². The van der Waals surface area contributed by atoms with Crippen molar-refractivity contribution in [1.82, 2.24) is 24.7 Å². The average Bonchev–Trinajstić information content (AvgIpc) is 3.07. The first kappa shape index (κ1) is 16.3. The van der Waals surface area contributed by atoms with Crippen molar-refractivity contribution in [2.45, 2.75) is 6.61 Å². The van der Waals surface area contributed by atoms with E-state index in [1.54, 1.807) is 24.8 Å². The molecule has 3 aromatic heterocycles. The van der Waals surface area contributed by atoms with Crippen LogP contribution >= 0.6 is 11.6 Å². The Hall–Kier alpha value is -3.19. The highest BCUT2D eigenvalue weighted by molar-refractivity contribution is 6.29. The molecule has 0 unspecified atom stereocenters. The van der Waals surface area contributed by atoms with E-state index >= 15 is 0 Å². The second-order valence-electron chi connectivity index (χ2n) is 5.68. The maximum absolute atomic E-state index is 5.83. The van der Waals surface area contributed by atoms with Crippen LogP contribution in [0.5, 0.6) is 5.75 Å². The molecule has 1 N–H and O–H groups in total. The summed E-state index contributed by atoms with van der Waals surface area (Å²) in [7, 11) is 1.88. The number of rotatable bonds is 5. The maximum atomic E-state index is 5.83. The third-order valence-electron chi connectivity index (χ3n) is 3.90. The van der Waals surface area contributed by atoms with Gasteiger partial charge in [-0.05, 0) is 41.8 Å². The Bertz CT molecular complexity index is 1050. The second kappa shape index (κ2) is 6.97. The Morgan fingerprint density at radius 2 is 2.08 bits per heavy atom. The van der Waals surface area contributed by atoms with E-state index in [9.17, 15) is 0 Å². The molecule has 0 aliphatic heterocycles. The molecule has 0 fully saturated rings. The van der Waals surface area contributed by atoms with Crippen LogP contribution < -0.4 is 10.1 Å². The molecule has 0 aliphatic rings. The Morgan fingerprint density at radius 1 is 1.15 bits per heavy atom. The van der Waals surface area contributed by atoms with Crippen LogP contribution in [0.2, 0.25) is 5.15 Å². The molecule has 4 aromatic rings. The van der Waals surface area contributed by atoms with Gasteiger partial charge < -0.3 is 14.6 Å². The van der Waals surface area contributed by atoms with Gasteiger partial charge in [0.25, 0.3) is 0 Å². The van der Waals surface area contributed by atoms with Gasteiger partial charge in [0.2, 0.25) is 0 Å². The van der Waals surface area contributed by atoms with Crippen LogP contribution in [0, 0.1) is 0 Å². The van der Waals surface area contributed by atoms with Gasteiger partial charge >= 0.3 is 0 Å². The Morgan fingerprint density at radius 3 is 2.85 bits per heavy atom. The molecule has 26 heavy (non-hydrogen) atoms. The molecule has 1 aromatic carbocycles. The van der Waals surface area contributed by atoms with Gasteiger partial charge in [-0.2, -0.15) is 0 Å². The summed E-state index contributed by atoms with van der Waals surface area (Å²) in [6, 6.07) is 11.4. The zero-order chi connectivity index (χ0) is 17.9. The number of aromatic nitrogens is 5. The highest BCUT2D eigenvalue weighted by atomic mass is 35.5. The van der Waals surface area contributed by atoms with Crippen molar-refractivity contribution < 1.29 is 4.74 Å². The summed E-state index contributed by atoms with van der Waals surface area (Å²) in [5.74, 6) is 2.26. The van der Waals surface area contributed by atoms with Crippen molar-refractivity contribution in [3.8, 4) is 5.75 Å². The lowest BCUT2D eigenvalue weighted by molar-refractivity contribution is 0.291.